The molecule has 0 saturated heterocycles. The summed E-state index contributed by atoms with van der Waals surface area (Å²) in [6.07, 6.45) is 1.32. The molecule has 1 aromatic heterocycles. The van der Waals surface area contributed by atoms with Crippen molar-refractivity contribution in [1.82, 2.24) is 4.90 Å². The number of hydrogen-bond donors (Lipinski definition) is 1. The second-order valence-corrected chi connectivity index (χ2v) is 3.00. The first kappa shape index (κ1) is 10.3. The Hall–Kier alpha value is -1.78. The maximum atomic E-state index is 11.5. The van der Waals surface area contributed by atoms with Gasteiger partial charge in [0.15, 0.2) is 0 Å². The summed E-state index contributed by atoms with van der Waals surface area (Å²) in [6, 6.07) is 1.57. The largest absolute Gasteiger partial charge is 0.480 e. The van der Waals surface area contributed by atoms with Gasteiger partial charge in [-0.05, 0) is 13.0 Å². The van der Waals surface area contributed by atoms with E-state index in [0.29, 0.717) is 11.3 Å². The maximum Gasteiger partial charge on any atom is 0.323 e. The number of amides is 1. The molecule has 0 aromatic carbocycles. The molecule has 0 spiro atoms. The number of aliphatic carboxylic acids is 1. The molecule has 0 unspecified atom stereocenters. The number of furan rings is 1. The molecule has 1 amide bonds. The van der Waals surface area contributed by atoms with Crippen molar-refractivity contribution in [2.75, 3.05) is 13.6 Å². The number of carbonyl (C=O) groups is 2. The molecule has 5 nitrogen and oxygen atoms in total. The lowest BCUT2D eigenvalue weighted by atomic mass is 10.3. The zero-order valence-electron chi connectivity index (χ0n) is 7.98. The number of aryl methyl sites for hydroxylation is 1. The first-order chi connectivity index (χ1) is 6.50. The van der Waals surface area contributed by atoms with Crippen LogP contribution >= 0.6 is 0 Å². The first-order valence-electron chi connectivity index (χ1n) is 4.03. The summed E-state index contributed by atoms with van der Waals surface area (Å²) in [5.74, 6) is -0.776. The molecule has 0 aliphatic heterocycles. The van der Waals surface area contributed by atoms with Crippen LogP contribution < -0.4 is 0 Å². The molecular weight excluding hydrogens is 186 g/mol. The smallest absolute Gasteiger partial charge is 0.323 e. The van der Waals surface area contributed by atoms with E-state index < -0.39 is 5.97 Å². The lowest BCUT2D eigenvalue weighted by Gasteiger charge is -2.12. The molecule has 76 valence electrons. The third-order valence-electron chi connectivity index (χ3n) is 1.70. The minimum Gasteiger partial charge on any atom is -0.480 e. The van der Waals surface area contributed by atoms with Crippen LogP contribution in [0.1, 0.15) is 16.1 Å². The third kappa shape index (κ3) is 2.35. The van der Waals surface area contributed by atoms with Crippen LogP contribution in [0, 0.1) is 6.92 Å². The van der Waals surface area contributed by atoms with Gasteiger partial charge in [0.25, 0.3) is 5.91 Å². The number of carbonyl (C=O) groups excluding carboxylic acids is 1. The van der Waals surface area contributed by atoms with Gasteiger partial charge in [0.2, 0.25) is 0 Å². The van der Waals surface area contributed by atoms with Gasteiger partial charge in [-0.3, -0.25) is 9.59 Å². The van der Waals surface area contributed by atoms with Crippen molar-refractivity contribution in [2.24, 2.45) is 0 Å². The summed E-state index contributed by atoms with van der Waals surface area (Å²) in [5, 5.41) is 8.47. The molecule has 1 heterocycles. The van der Waals surface area contributed by atoms with Crippen molar-refractivity contribution in [1.29, 1.82) is 0 Å². The fourth-order valence-electron chi connectivity index (χ4n) is 1.05. The summed E-state index contributed by atoms with van der Waals surface area (Å²) in [6.45, 7) is 1.40. The SMILES string of the molecule is Cc1cc(C(=O)N(C)CC(=O)O)co1. The van der Waals surface area contributed by atoms with Gasteiger partial charge in [-0.2, -0.15) is 0 Å². The molecule has 0 fully saturated rings. The molecule has 5 heteroatoms. The molecule has 0 atom stereocenters. The highest BCUT2D eigenvalue weighted by Crippen LogP contribution is 2.08. The number of rotatable bonds is 3. The number of likely N-dealkylation sites (N-methyl/N-ethyl adjacent to an activating group) is 1. The average Bonchev–Trinajstić information content (AvgIpc) is 2.49. The minimum absolute atomic E-state index is 0.316. The summed E-state index contributed by atoms with van der Waals surface area (Å²) in [7, 11) is 1.43. The molecule has 0 aliphatic carbocycles. The zero-order chi connectivity index (χ0) is 10.7. The molecular formula is C9H11NO4. The summed E-state index contributed by atoms with van der Waals surface area (Å²) in [4.78, 5) is 22.9. The highest BCUT2D eigenvalue weighted by atomic mass is 16.4. The lowest BCUT2D eigenvalue weighted by molar-refractivity contribution is -0.137. The van der Waals surface area contributed by atoms with E-state index in [1.165, 1.54) is 13.3 Å². The predicted octanol–water partition coefficient (Wildman–Crippen LogP) is 0.745. The second-order valence-electron chi connectivity index (χ2n) is 3.00. The van der Waals surface area contributed by atoms with Gasteiger partial charge in [-0.25, -0.2) is 0 Å². The van der Waals surface area contributed by atoms with E-state index in [4.69, 9.17) is 9.52 Å². The van der Waals surface area contributed by atoms with Crippen LogP contribution in [-0.4, -0.2) is 35.5 Å². The van der Waals surface area contributed by atoms with E-state index in [0.717, 1.165) is 4.90 Å². The van der Waals surface area contributed by atoms with E-state index in [9.17, 15) is 9.59 Å². The normalized spacial score (nSPS) is 9.86. The quantitative estimate of drug-likeness (QED) is 0.775. The highest BCUT2D eigenvalue weighted by molar-refractivity contribution is 5.95. The van der Waals surface area contributed by atoms with Gasteiger partial charge in [0.1, 0.15) is 18.6 Å². The Bertz CT molecular complexity index is 355. The summed E-state index contributed by atoms with van der Waals surface area (Å²) < 4.78 is 4.95. The van der Waals surface area contributed by atoms with E-state index in [2.05, 4.69) is 0 Å². The molecule has 1 aromatic rings. The molecule has 0 saturated carbocycles. The van der Waals surface area contributed by atoms with Crippen LogP contribution in [0.5, 0.6) is 0 Å². The van der Waals surface area contributed by atoms with Crippen molar-refractivity contribution in [2.45, 2.75) is 6.92 Å². The van der Waals surface area contributed by atoms with Gasteiger partial charge in [0, 0.05) is 7.05 Å². The first-order valence-corrected chi connectivity index (χ1v) is 4.03. The number of nitrogens with zero attached hydrogens (tertiary/aromatic N) is 1. The van der Waals surface area contributed by atoms with Crippen LogP contribution in [0.15, 0.2) is 16.7 Å². The Morgan fingerprint density at radius 1 is 1.57 bits per heavy atom. The Labute approximate surface area is 80.9 Å². The van der Waals surface area contributed by atoms with Crippen molar-refractivity contribution in [3.05, 3.63) is 23.7 Å². The van der Waals surface area contributed by atoms with Crippen molar-refractivity contribution >= 4 is 11.9 Å². The summed E-state index contributed by atoms with van der Waals surface area (Å²) in [5.41, 5.74) is 0.367. The zero-order valence-corrected chi connectivity index (χ0v) is 7.98. The molecule has 0 bridgehead atoms. The van der Waals surface area contributed by atoms with Crippen LogP contribution in [-0.2, 0) is 4.79 Å². The van der Waals surface area contributed by atoms with Crippen LogP contribution in [0.25, 0.3) is 0 Å². The van der Waals surface area contributed by atoms with E-state index in [1.807, 2.05) is 0 Å². The second kappa shape index (κ2) is 3.95. The van der Waals surface area contributed by atoms with Gasteiger partial charge in [0.05, 0.1) is 5.56 Å². The topological polar surface area (TPSA) is 70.8 Å². The number of carboxylic acids is 1. The Balaban J connectivity index is 2.70. The number of carboxylic acid groups (broad SMARTS) is 1. The van der Waals surface area contributed by atoms with Crippen molar-refractivity contribution in [3.63, 3.8) is 0 Å². The fraction of sp³-hybridized carbons (Fsp3) is 0.333. The molecule has 0 aliphatic rings. The van der Waals surface area contributed by atoms with Crippen molar-refractivity contribution in [3.8, 4) is 0 Å². The molecule has 1 rings (SSSR count). The Kier molecular flexibility index (Phi) is 2.91. The molecule has 14 heavy (non-hydrogen) atoms. The average molecular weight is 197 g/mol. The van der Waals surface area contributed by atoms with E-state index >= 15 is 0 Å². The van der Waals surface area contributed by atoms with Crippen LogP contribution in [0.3, 0.4) is 0 Å². The van der Waals surface area contributed by atoms with Gasteiger partial charge >= 0.3 is 5.97 Å². The van der Waals surface area contributed by atoms with Gasteiger partial charge in [-0.15, -0.1) is 0 Å². The minimum atomic E-state index is -1.04. The van der Waals surface area contributed by atoms with E-state index in [-0.39, 0.29) is 12.5 Å². The Morgan fingerprint density at radius 3 is 2.64 bits per heavy atom. The summed E-state index contributed by atoms with van der Waals surface area (Å²) >= 11 is 0. The monoisotopic (exact) mass is 197 g/mol. The predicted molar refractivity (Wildman–Crippen MR) is 48.0 cm³/mol. The molecule has 1 N–H and O–H groups in total. The van der Waals surface area contributed by atoms with Gasteiger partial charge < -0.3 is 14.4 Å². The van der Waals surface area contributed by atoms with Crippen LogP contribution in [0.4, 0.5) is 0 Å². The van der Waals surface area contributed by atoms with E-state index in [1.54, 1.807) is 13.0 Å². The fourth-order valence-corrected chi connectivity index (χ4v) is 1.05. The highest BCUT2D eigenvalue weighted by Gasteiger charge is 2.15. The van der Waals surface area contributed by atoms with Gasteiger partial charge in [-0.1, -0.05) is 0 Å². The maximum absolute atomic E-state index is 11.5. The number of hydrogen-bond acceptors (Lipinski definition) is 3. The molecule has 0 radical (unpaired) electrons. The van der Waals surface area contributed by atoms with Crippen molar-refractivity contribution < 1.29 is 19.1 Å². The standard InChI is InChI=1S/C9H11NO4/c1-6-3-7(5-14-6)9(13)10(2)4-8(11)12/h3,5H,4H2,1-2H3,(H,11,12). The van der Waals surface area contributed by atoms with Crippen LogP contribution in [0.2, 0.25) is 0 Å². The third-order valence-corrected chi connectivity index (χ3v) is 1.70. The Morgan fingerprint density at radius 2 is 2.21 bits per heavy atom. The lowest BCUT2D eigenvalue weighted by Crippen LogP contribution is -2.31.